The molecule has 0 bridgehead atoms. The second-order valence-electron chi connectivity index (χ2n) is 3.88. The molecule has 6 heteroatoms. The average Bonchev–Trinajstić information content (AvgIpc) is 2.26. The molecular formula is C11H15N3O3. The maximum absolute atomic E-state index is 11.3. The highest BCUT2D eigenvalue weighted by Crippen LogP contribution is 2.14. The lowest BCUT2D eigenvalue weighted by Gasteiger charge is -2.09. The molecule has 0 aliphatic carbocycles. The van der Waals surface area contributed by atoms with Crippen molar-refractivity contribution in [3.05, 3.63) is 34.4 Å². The molecule has 0 aliphatic rings. The summed E-state index contributed by atoms with van der Waals surface area (Å²) in [5.41, 5.74) is 0.705. The third kappa shape index (κ3) is 4.50. The lowest BCUT2D eigenvalue weighted by molar-refractivity contribution is -0.384. The molecule has 1 rings (SSSR count). The molecule has 0 fully saturated rings. The first-order valence-electron chi connectivity index (χ1n) is 5.26. The number of non-ortho nitro benzene ring substituents is 1. The van der Waals surface area contributed by atoms with Crippen LogP contribution in [0, 0.1) is 10.1 Å². The highest BCUT2D eigenvalue weighted by Gasteiger charge is 2.05. The van der Waals surface area contributed by atoms with E-state index in [0.717, 1.165) is 0 Å². The van der Waals surface area contributed by atoms with Crippen LogP contribution < -0.4 is 10.6 Å². The van der Waals surface area contributed by atoms with Gasteiger partial charge in [0.15, 0.2) is 0 Å². The predicted molar refractivity (Wildman–Crippen MR) is 64.9 cm³/mol. The minimum absolute atomic E-state index is 0.0298. The molecule has 0 aromatic heterocycles. The molecule has 0 atom stereocenters. The summed E-state index contributed by atoms with van der Waals surface area (Å²) in [6.07, 6.45) is 0. The maximum Gasteiger partial charge on any atom is 0.269 e. The van der Waals surface area contributed by atoms with Crippen LogP contribution in [0.5, 0.6) is 0 Å². The molecule has 0 saturated heterocycles. The van der Waals surface area contributed by atoms with Crippen LogP contribution in [0.2, 0.25) is 0 Å². The van der Waals surface area contributed by atoms with E-state index in [1.54, 1.807) is 12.1 Å². The van der Waals surface area contributed by atoms with E-state index in [0.29, 0.717) is 5.69 Å². The Morgan fingerprint density at radius 3 is 2.41 bits per heavy atom. The Morgan fingerprint density at radius 2 is 1.94 bits per heavy atom. The zero-order valence-corrected chi connectivity index (χ0v) is 9.77. The van der Waals surface area contributed by atoms with Crippen LogP contribution in [0.15, 0.2) is 24.3 Å². The van der Waals surface area contributed by atoms with Gasteiger partial charge in [0.2, 0.25) is 5.91 Å². The summed E-state index contributed by atoms with van der Waals surface area (Å²) in [4.78, 5) is 21.3. The fourth-order valence-corrected chi connectivity index (χ4v) is 1.26. The molecule has 0 radical (unpaired) electrons. The quantitative estimate of drug-likeness (QED) is 0.600. The van der Waals surface area contributed by atoms with Crippen LogP contribution >= 0.6 is 0 Å². The SMILES string of the molecule is CC(C)NC(=O)CNc1ccc([N+](=O)[O-])cc1. The molecule has 2 N–H and O–H groups in total. The summed E-state index contributed by atoms with van der Waals surface area (Å²) >= 11 is 0. The molecular weight excluding hydrogens is 222 g/mol. The van der Waals surface area contributed by atoms with E-state index in [9.17, 15) is 14.9 Å². The Labute approximate surface area is 99.2 Å². The zero-order valence-electron chi connectivity index (χ0n) is 9.77. The van der Waals surface area contributed by atoms with Gasteiger partial charge in [-0.3, -0.25) is 14.9 Å². The number of anilines is 1. The van der Waals surface area contributed by atoms with E-state index in [2.05, 4.69) is 10.6 Å². The van der Waals surface area contributed by atoms with Gasteiger partial charge in [-0.2, -0.15) is 0 Å². The monoisotopic (exact) mass is 237 g/mol. The molecule has 92 valence electrons. The molecule has 17 heavy (non-hydrogen) atoms. The fraction of sp³-hybridized carbons (Fsp3) is 0.364. The first kappa shape index (κ1) is 13.0. The van der Waals surface area contributed by atoms with Crippen molar-refractivity contribution in [2.45, 2.75) is 19.9 Å². The standard InChI is InChI=1S/C11H15N3O3/c1-8(2)13-11(15)7-12-9-3-5-10(6-4-9)14(16)17/h3-6,8,12H,7H2,1-2H3,(H,13,15). The molecule has 1 aromatic carbocycles. The summed E-state index contributed by atoms with van der Waals surface area (Å²) in [7, 11) is 0. The molecule has 0 spiro atoms. The van der Waals surface area contributed by atoms with Crippen molar-refractivity contribution in [2.75, 3.05) is 11.9 Å². The Morgan fingerprint density at radius 1 is 1.35 bits per heavy atom. The number of carbonyl (C=O) groups excluding carboxylic acids is 1. The molecule has 0 saturated carbocycles. The molecule has 0 aliphatic heterocycles. The van der Waals surface area contributed by atoms with Gasteiger partial charge in [0.05, 0.1) is 11.5 Å². The lowest BCUT2D eigenvalue weighted by Crippen LogP contribution is -2.34. The van der Waals surface area contributed by atoms with Crippen LogP contribution in [0.3, 0.4) is 0 Å². The smallest absolute Gasteiger partial charge is 0.269 e. The van der Waals surface area contributed by atoms with Crippen molar-refractivity contribution in [2.24, 2.45) is 0 Å². The Bertz CT molecular complexity index is 401. The van der Waals surface area contributed by atoms with E-state index in [1.165, 1.54) is 12.1 Å². The number of nitro benzene ring substituents is 1. The highest BCUT2D eigenvalue weighted by atomic mass is 16.6. The van der Waals surface area contributed by atoms with E-state index in [-0.39, 0.29) is 24.2 Å². The van der Waals surface area contributed by atoms with Gasteiger partial charge in [-0.05, 0) is 26.0 Å². The van der Waals surface area contributed by atoms with Gasteiger partial charge in [0, 0.05) is 23.9 Å². The van der Waals surface area contributed by atoms with Crippen molar-refractivity contribution >= 4 is 17.3 Å². The topological polar surface area (TPSA) is 84.3 Å². The summed E-state index contributed by atoms with van der Waals surface area (Å²) in [6, 6.07) is 6.02. The average molecular weight is 237 g/mol. The number of hydrogen-bond acceptors (Lipinski definition) is 4. The first-order chi connectivity index (χ1) is 7.99. The number of nitrogens with one attached hydrogen (secondary N) is 2. The van der Waals surface area contributed by atoms with Gasteiger partial charge in [-0.15, -0.1) is 0 Å². The van der Waals surface area contributed by atoms with Gasteiger partial charge in [-0.1, -0.05) is 0 Å². The molecule has 0 heterocycles. The maximum atomic E-state index is 11.3. The Hall–Kier alpha value is -2.11. The minimum Gasteiger partial charge on any atom is -0.376 e. The summed E-state index contributed by atoms with van der Waals surface area (Å²) in [5.74, 6) is -0.113. The van der Waals surface area contributed by atoms with Gasteiger partial charge in [0.1, 0.15) is 0 Å². The van der Waals surface area contributed by atoms with E-state index < -0.39 is 4.92 Å². The zero-order chi connectivity index (χ0) is 12.8. The third-order valence-corrected chi connectivity index (χ3v) is 1.98. The molecule has 0 unspecified atom stereocenters. The summed E-state index contributed by atoms with van der Waals surface area (Å²) < 4.78 is 0. The molecule has 1 aromatic rings. The summed E-state index contributed by atoms with van der Waals surface area (Å²) in [6.45, 7) is 3.91. The summed E-state index contributed by atoms with van der Waals surface area (Å²) in [5, 5.41) is 16.0. The minimum atomic E-state index is -0.463. The van der Waals surface area contributed by atoms with Gasteiger partial charge >= 0.3 is 0 Å². The number of amides is 1. The van der Waals surface area contributed by atoms with Gasteiger partial charge < -0.3 is 10.6 Å². The Balaban J connectivity index is 2.47. The number of benzene rings is 1. The first-order valence-corrected chi connectivity index (χ1v) is 5.26. The highest BCUT2D eigenvalue weighted by molar-refractivity contribution is 5.80. The molecule has 6 nitrogen and oxygen atoms in total. The lowest BCUT2D eigenvalue weighted by atomic mass is 10.3. The van der Waals surface area contributed by atoms with Gasteiger partial charge in [0.25, 0.3) is 5.69 Å². The number of nitrogens with zero attached hydrogens (tertiary/aromatic N) is 1. The Kier molecular flexibility index (Phi) is 4.45. The third-order valence-electron chi connectivity index (χ3n) is 1.98. The number of nitro groups is 1. The largest absolute Gasteiger partial charge is 0.376 e. The second-order valence-corrected chi connectivity index (χ2v) is 3.88. The number of rotatable bonds is 5. The van der Waals surface area contributed by atoms with Crippen LogP contribution in [-0.4, -0.2) is 23.4 Å². The van der Waals surface area contributed by atoms with Crippen molar-refractivity contribution in [1.29, 1.82) is 0 Å². The number of hydrogen-bond donors (Lipinski definition) is 2. The van der Waals surface area contributed by atoms with Gasteiger partial charge in [-0.25, -0.2) is 0 Å². The number of carbonyl (C=O) groups is 1. The molecule has 1 amide bonds. The van der Waals surface area contributed by atoms with Crippen molar-refractivity contribution in [3.8, 4) is 0 Å². The van der Waals surface area contributed by atoms with Crippen molar-refractivity contribution in [3.63, 3.8) is 0 Å². The van der Waals surface area contributed by atoms with Crippen molar-refractivity contribution < 1.29 is 9.72 Å². The van der Waals surface area contributed by atoms with Crippen LogP contribution in [-0.2, 0) is 4.79 Å². The van der Waals surface area contributed by atoms with Crippen LogP contribution in [0.1, 0.15) is 13.8 Å². The van der Waals surface area contributed by atoms with Crippen LogP contribution in [0.4, 0.5) is 11.4 Å². The van der Waals surface area contributed by atoms with E-state index >= 15 is 0 Å². The van der Waals surface area contributed by atoms with Crippen LogP contribution in [0.25, 0.3) is 0 Å². The second kappa shape index (κ2) is 5.83. The fourth-order valence-electron chi connectivity index (χ4n) is 1.26. The van der Waals surface area contributed by atoms with E-state index in [1.807, 2.05) is 13.8 Å². The predicted octanol–water partition coefficient (Wildman–Crippen LogP) is 1.53. The van der Waals surface area contributed by atoms with E-state index in [4.69, 9.17) is 0 Å². The normalized spacial score (nSPS) is 10.1. The van der Waals surface area contributed by atoms with Crippen molar-refractivity contribution in [1.82, 2.24) is 5.32 Å².